The molecule has 0 saturated carbocycles. The van der Waals surface area contributed by atoms with Crippen LogP contribution in [-0.4, -0.2) is 23.1 Å². The number of rotatable bonds is 6. The predicted molar refractivity (Wildman–Crippen MR) is 93.2 cm³/mol. The second-order valence-corrected chi connectivity index (χ2v) is 5.32. The number of hydrogen-bond donors (Lipinski definition) is 3. The molecule has 0 aliphatic rings. The van der Waals surface area contributed by atoms with E-state index in [1.807, 2.05) is 0 Å². The first-order valence-corrected chi connectivity index (χ1v) is 7.58. The van der Waals surface area contributed by atoms with E-state index in [9.17, 15) is 9.59 Å². The second-order valence-electron chi connectivity index (χ2n) is 4.91. The molecule has 0 aliphatic carbocycles. The van der Waals surface area contributed by atoms with Crippen LogP contribution in [0.4, 0.5) is 5.69 Å². The number of benzene rings is 2. The molecule has 0 bridgehead atoms. The summed E-state index contributed by atoms with van der Waals surface area (Å²) in [7, 11) is 0. The smallest absolute Gasteiger partial charge is 0.240 e. The Morgan fingerprint density at radius 3 is 2.42 bits per heavy atom. The highest BCUT2D eigenvalue weighted by Crippen LogP contribution is 2.20. The summed E-state index contributed by atoms with van der Waals surface area (Å²) in [6, 6.07) is 13.2. The van der Waals surface area contributed by atoms with Crippen molar-refractivity contribution in [2.45, 2.75) is 12.8 Å². The number of nitrogens with zero attached hydrogens (tertiary/aromatic N) is 1. The number of carbonyl (C=O) groups excluding carboxylic acids is 2. The third-order valence-electron chi connectivity index (χ3n) is 3.02. The molecule has 0 aromatic heterocycles. The first-order chi connectivity index (χ1) is 11.5. The van der Waals surface area contributed by atoms with Crippen LogP contribution >= 0.6 is 11.6 Å². The van der Waals surface area contributed by atoms with Crippen LogP contribution < -0.4 is 10.7 Å². The van der Waals surface area contributed by atoms with Crippen LogP contribution in [0.2, 0.25) is 5.02 Å². The number of halogens is 1. The summed E-state index contributed by atoms with van der Waals surface area (Å²) in [4.78, 5) is 23.4. The molecule has 0 fully saturated rings. The Kier molecular flexibility index (Phi) is 6.33. The van der Waals surface area contributed by atoms with E-state index in [2.05, 4.69) is 15.8 Å². The maximum Gasteiger partial charge on any atom is 0.240 e. The van der Waals surface area contributed by atoms with Crippen molar-refractivity contribution in [3.05, 3.63) is 59.1 Å². The lowest BCUT2D eigenvalue weighted by Crippen LogP contribution is -2.20. The number of amides is 2. The molecule has 0 heterocycles. The van der Waals surface area contributed by atoms with Gasteiger partial charge < -0.3 is 10.4 Å². The molecule has 2 aromatic rings. The molecule has 6 nitrogen and oxygen atoms in total. The molecule has 3 N–H and O–H groups in total. The second kappa shape index (κ2) is 8.69. The number of nitrogens with one attached hydrogen (secondary N) is 2. The molecule has 0 aliphatic heterocycles. The first-order valence-electron chi connectivity index (χ1n) is 7.20. The van der Waals surface area contributed by atoms with E-state index in [0.717, 1.165) is 5.56 Å². The summed E-state index contributed by atoms with van der Waals surface area (Å²) in [5.74, 6) is -0.527. The Hall–Kier alpha value is -2.86. The van der Waals surface area contributed by atoms with Crippen LogP contribution in [0, 0.1) is 0 Å². The van der Waals surface area contributed by atoms with Crippen molar-refractivity contribution < 1.29 is 14.7 Å². The third kappa shape index (κ3) is 5.73. The van der Waals surface area contributed by atoms with E-state index >= 15 is 0 Å². The van der Waals surface area contributed by atoms with Gasteiger partial charge in [-0.05, 0) is 42.0 Å². The molecule has 0 atom stereocenters. The maximum absolute atomic E-state index is 11.8. The van der Waals surface area contributed by atoms with Gasteiger partial charge in [-0.25, -0.2) is 5.43 Å². The zero-order valence-corrected chi connectivity index (χ0v) is 13.5. The van der Waals surface area contributed by atoms with Gasteiger partial charge >= 0.3 is 0 Å². The molecule has 24 heavy (non-hydrogen) atoms. The van der Waals surface area contributed by atoms with Crippen molar-refractivity contribution in [3.63, 3.8) is 0 Å². The minimum Gasteiger partial charge on any atom is -0.508 e. The SMILES string of the molecule is O=C(CCC(=O)Nc1ccccc1Cl)N/N=C/c1ccc(O)cc1. The Morgan fingerprint density at radius 1 is 1.04 bits per heavy atom. The molecule has 0 saturated heterocycles. The van der Waals surface area contributed by atoms with Gasteiger partial charge in [0.25, 0.3) is 0 Å². The van der Waals surface area contributed by atoms with Gasteiger partial charge in [0, 0.05) is 12.8 Å². The maximum atomic E-state index is 11.8. The number of anilines is 1. The van der Waals surface area contributed by atoms with Gasteiger partial charge in [-0.3, -0.25) is 9.59 Å². The van der Waals surface area contributed by atoms with Crippen LogP contribution in [0.3, 0.4) is 0 Å². The van der Waals surface area contributed by atoms with Crippen LogP contribution in [0.15, 0.2) is 53.6 Å². The van der Waals surface area contributed by atoms with E-state index in [4.69, 9.17) is 16.7 Å². The van der Waals surface area contributed by atoms with E-state index in [0.29, 0.717) is 10.7 Å². The minimum atomic E-state index is -0.376. The Balaban J connectivity index is 1.73. The van der Waals surface area contributed by atoms with Gasteiger partial charge in [0.15, 0.2) is 0 Å². The monoisotopic (exact) mass is 345 g/mol. The Morgan fingerprint density at radius 2 is 1.71 bits per heavy atom. The van der Waals surface area contributed by atoms with E-state index in [1.54, 1.807) is 36.4 Å². The van der Waals surface area contributed by atoms with Gasteiger partial charge in [-0.15, -0.1) is 0 Å². The van der Waals surface area contributed by atoms with E-state index in [-0.39, 0.29) is 30.4 Å². The lowest BCUT2D eigenvalue weighted by Gasteiger charge is -2.06. The predicted octanol–water partition coefficient (Wildman–Crippen LogP) is 2.91. The summed E-state index contributed by atoms with van der Waals surface area (Å²) in [6.07, 6.45) is 1.47. The first kappa shape index (κ1) is 17.5. The summed E-state index contributed by atoms with van der Waals surface area (Å²) < 4.78 is 0. The van der Waals surface area contributed by atoms with Crippen LogP contribution in [0.5, 0.6) is 5.75 Å². The normalized spacial score (nSPS) is 10.5. The quantitative estimate of drug-likeness (QED) is 0.555. The van der Waals surface area contributed by atoms with Crippen molar-refractivity contribution in [1.29, 1.82) is 0 Å². The van der Waals surface area contributed by atoms with Crippen molar-refractivity contribution in [2.75, 3.05) is 5.32 Å². The fourth-order valence-electron chi connectivity index (χ4n) is 1.80. The number of hydrazone groups is 1. The molecular weight excluding hydrogens is 330 g/mol. The number of para-hydroxylation sites is 1. The Labute approximate surface area is 144 Å². The zero-order chi connectivity index (χ0) is 17.4. The standard InChI is InChI=1S/C17H16ClN3O3/c18-14-3-1-2-4-15(14)20-16(23)9-10-17(24)21-19-11-12-5-7-13(22)8-6-12/h1-8,11,22H,9-10H2,(H,20,23)(H,21,24)/b19-11+. The number of carbonyl (C=O) groups is 2. The highest BCUT2D eigenvalue weighted by molar-refractivity contribution is 6.33. The Bertz CT molecular complexity index is 745. The molecule has 124 valence electrons. The average Bonchev–Trinajstić information content (AvgIpc) is 2.57. The van der Waals surface area contributed by atoms with Crippen molar-refractivity contribution in [2.24, 2.45) is 5.10 Å². The highest BCUT2D eigenvalue weighted by Gasteiger charge is 2.08. The van der Waals surface area contributed by atoms with Gasteiger partial charge in [0.05, 0.1) is 16.9 Å². The number of aromatic hydroxyl groups is 1. The highest BCUT2D eigenvalue weighted by atomic mass is 35.5. The van der Waals surface area contributed by atoms with Crippen LogP contribution in [-0.2, 0) is 9.59 Å². The molecule has 7 heteroatoms. The summed E-state index contributed by atoms with van der Waals surface area (Å²) in [5.41, 5.74) is 3.57. The minimum absolute atomic E-state index is 0.00318. The van der Waals surface area contributed by atoms with Crippen molar-refractivity contribution >= 4 is 35.3 Å². The van der Waals surface area contributed by atoms with Gasteiger partial charge in [0.2, 0.25) is 11.8 Å². The van der Waals surface area contributed by atoms with Gasteiger partial charge in [-0.1, -0.05) is 23.7 Å². The number of phenols is 1. The summed E-state index contributed by atoms with van der Waals surface area (Å²) in [5, 5.41) is 16.0. The lowest BCUT2D eigenvalue weighted by molar-refractivity contribution is -0.124. The van der Waals surface area contributed by atoms with Crippen LogP contribution in [0.1, 0.15) is 18.4 Å². The molecular formula is C17H16ClN3O3. The molecule has 0 radical (unpaired) electrons. The number of phenolic OH excluding ortho intramolecular Hbond substituents is 1. The molecule has 0 spiro atoms. The molecule has 2 rings (SSSR count). The topological polar surface area (TPSA) is 90.8 Å². The largest absolute Gasteiger partial charge is 0.508 e. The fourth-order valence-corrected chi connectivity index (χ4v) is 1.98. The van der Waals surface area contributed by atoms with Crippen molar-refractivity contribution in [1.82, 2.24) is 5.43 Å². The summed E-state index contributed by atoms with van der Waals surface area (Å²) in [6.45, 7) is 0. The van der Waals surface area contributed by atoms with Crippen molar-refractivity contribution in [3.8, 4) is 5.75 Å². The summed E-state index contributed by atoms with van der Waals surface area (Å²) >= 11 is 5.94. The average molecular weight is 346 g/mol. The van der Waals surface area contributed by atoms with E-state index < -0.39 is 0 Å². The van der Waals surface area contributed by atoms with Gasteiger partial charge in [0.1, 0.15) is 5.75 Å². The molecule has 2 aromatic carbocycles. The zero-order valence-electron chi connectivity index (χ0n) is 12.7. The fraction of sp³-hybridized carbons (Fsp3) is 0.118. The number of hydrogen-bond acceptors (Lipinski definition) is 4. The lowest BCUT2D eigenvalue weighted by atomic mass is 10.2. The van der Waals surface area contributed by atoms with E-state index in [1.165, 1.54) is 18.3 Å². The van der Waals surface area contributed by atoms with Gasteiger partial charge in [-0.2, -0.15) is 5.10 Å². The molecule has 2 amide bonds. The third-order valence-corrected chi connectivity index (χ3v) is 3.35. The van der Waals surface area contributed by atoms with Crippen LogP contribution in [0.25, 0.3) is 0 Å². The molecule has 0 unspecified atom stereocenters.